The zero-order valence-electron chi connectivity index (χ0n) is 29.2. The van der Waals surface area contributed by atoms with Crippen LogP contribution in [0, 0.1) is 39.4 Å². The first-order chi connectivity index (χ1) is 21.3. The Morgan fingerprint density at radius 1 is 0.957 bits per heavy atom. The van der Waals surface area contributed by atoms with E-state index in [1.54, 1.807) is 31.1 Å². The Kier molecular flexibility index (Phi) is 9.48. The van der Waals surface area contributed by atoms with Crippen molar-refractivity contribution in [1.82, 2.24) is 0 Å². The van der Waals surface area contributed by atoms with Gasteiger partial charge < -0.3 is 34.6 Å². The van der Waals surface area contributed by atoms with Crippen molar-refractivity contribution < 1.29 is 44.2 Å². The highest BCUT2D eigenvalue weighted by Gasteiger charge is 2.64. The summed E-state index contributed by atoms with van der Waals surface area (Å²) < 4.78 is 17.1. The molecule has 1 aliphatic heterocycles. The summed E-state index contributed by atoms with van der Waals surface area (Å²) in [7, 11) is 0. The molecule has 0 amide bonds. The normalized spacial score (nSPS) is 43.0. The van der Waals surface area contributed by atoms with Crippen molar-refractivity contribution >= 4 is 11.9 Å². The summed E-state index contributed by atoms with van der Waals surface area (Å²) in [5.74, 6) is -0.850. The highest BCUT2D eigenvalue weighted by Crippen LogP contribution is 2.72. The number of fused-ring (bicyclic) bond motifs is 4. The maximum atomic E-state index is 14.0. The Morgan fingerprint density at radius 2 is 1.65 bits per heavy atom. The first-order valence-corrected chi connectivity index (χ1v) is 17.4. The number of allylic oxidation sites excluding steroid dienone is 3. The molecule has 0 aromatic carbocycles. The van der Waals surface area contributed by atoms with E-state index in [1.807, 2.05) is 6.08 Å². The highest BCUT2D eigenvalue weighted by molar-refractivity contribution is 5.73. The summed E-state index contributed by atoms with van der Waals surface area (Å²) in [5.41, 5.74) is 1.73. The van der Waals surface area contributed by atoms with Gasteiger partial charge in [-0.15, -0.1) is 0 Å². The quantitative estimate of drug-likeness (QED) is 0.222. The Balaban J connectivity index is 1.45. The Labute approximate surface area is 274 Å². The third-order valence-electron chi connectivity index (χ3n) is 13.5. The average Bonchev–Trinajstić information content (AvgIpc) is 3.23. The molecular weight excluding hydrogens is 588 g/mol. The number of hydrogen-bond acceptors (Lipinski definition) is 9. The molecule has 9 nitrogen and oxygen atoms in total. The lowest BCUT2D eigenvalue weighted by molar-refractivity contribution is -0.265. The number of aliphatic hydroxyl groups excluding tert-OH is 3. The molecule has 2 saturated carbocycles. The summed E-state index contributed by atoms with van der Waals surface area (Å²) in [6, 6.07) is 0. The number of aliphatic hydroxyl groups is 4. The predicted octanol–water partition coefficient (Wildman–Crippen LogP) is 4.98. The van der Waals surface area contributed by atoms with Gasteiger partial charge >= 0.3 is 11.9 Å². The summed E-state index contributed by atoms with van der Waals surface area (Å²) in [6.45, 7) is 16.4. The summed E-state index contributed by atoms with van der Waals surface area (Å²) >= 11 is 0. The van der Waals surface area contributed by atoms with E-state index in [4.69, 9.17) is 14.2 Å². The topological polar surface area (TPSA) is 143 Å². The van der Waals surface area contributed by atoms with Crippen LogP contribution in [0.5, 0.6) is 0 Å². The van der Waals surface area contributed by atoms with Crippen LogP contribution in [-0.2, 0) is 23.8 Å². The summed E-state index contributed by atoms with van der Waals surface area (Å²) in [6.07, 6.45) is 5.80. The van der Waals surface area contributed by atoms with Crippen molar-refractivity contribution in [1.29, 1.82) is 0 Å². The lowest BCUT2D eigenvalue weighted by Crippen LogP contribution is -2.56. The number of rotatable bonds is 7. The second-order valence-electron chi connectivity index (χ2n) is 16.9. The minimum atomic E-state index is -1.55. The molecule has 4 N–H and O–H groups in total. The molecule has 1 saturated heterocycles. The number of ether oxygens (including phenoxy) is 3. The fraction of sp³-hybridized carbons (Fsp3) is 0.838. The summed E-state index contributed by atoms with van der Waals surface area (Å²) in [4.78, 5) is 26.0. The molecule has 46 heavy (non-hydrogen) atoms. The van der Waals surface area contributed by atoms with E-state index in [0.29, 0.717) is 12.3 Å². The lowest BCUT2D eigenvalue weighted by Gasteiger charge is -2.62. The van der Waals surface area contributed by atoms with Crippen LogP contribution in [0.3, 0.4) is 0 Å². The van der Waals surface area contributed by atoms with Gasteiger partial charge in [-0.25, -0.2) is 0 Å². The third-order valence-corrected chi connectivity index (χ3v) is 13.5. The SMILES string of the molecule is CC(=O)O[C@@H]1CC[C@]2(C)C3=C(CC[C@H]2C1(C)C)[C@]1(C)CC[C@H]([C@@H](C/C=C/C(C)(C)O)C(=O)O[C@@H]2OC[C@@H](O)[C@H](O)[C@@H]2O)[C@@]1(C)CC3. The van der Waals surface area contributed by atoms with Gasteiger partial charge in [-0.3, -0.25) is 9.59 Å². The molecule has 9 heteroatoms. The van der Waals surface area contributed by atoms with Crippen LogP contribution in [-0.4, -0.2) is 75.3 Å². The van der Waals surface area contributed by atoms with Crippen LogP contribution in [0.1, 0.15) is 113 Å². The van der Waals surface area contributed by atoms with Gasteiger partial charge in [-0.2, -0.15) is 0 Å². The number of carbonyl (C=O) groups excluding carboxylic acids is 2. The van der Waals surface area contributed by atoms with Crippen LogP contribution in [0.15, 0.2) is 23.3 Å². The Morgan fingerprint density at radius 3 is 2.30 bits per heavy atom. The molecule has 0 aromatic rings. The molecule has 4 aliphatic carbocycles. The molecule has 0 aromatic heterocycles. The first kappa shape index (κ1) is 35.5. The van der Waals surface area contributed by atoms with E-state index >= 15 is 0 Å². The molecule has 3 fully saturated rings. The third kappa shape index (κ3) is 5.90. The van der Waals surface area contributed by atoms with E-state index in [0.717, 1.165) is 51.4 Å². The van der Waals surface area contributed by atoms with Crippen molar-refractivity contribution in [2.24, 2.45) is 39.4 Å². The molecule has 0 bridgehead atoms. The molecule has 0 unspecified atom stereocenters. The smallest absolute Gasteiger partial charge is 0.311 e. The van der Waals surface area contributed by atoms with E-state index < -0.39 is 42.1 Å². The minimum absolute atomic E-state index is 0.0107. The molecular formula is C37H58O9. The first-order valence-electron chi connectivity index (χ1n) is 17.4. The molecule has 260 valence electrons. The van der Waals surface area contributed by atoms with Gasteiger partial charge in [0.05, 0.1) is 18.1 Å². The number of carbonyl (C=O) groups is 2. The van der Waals surface area contributed by atoms with Crippen LogP contribution < -0.4 is 0 Å². The van der Waals surface area contributed by atoms with Gasteiger partial charge in [-0.05, 0) is 99.7 Å². The van der Waals surface area contributed by atoms with Crippen LogP contribution in [0.4, 0.5) is 0 Å². The average molecular weight is 647 g/mol. The van der Waals surface area contributed by atoms with E-state index in [-0.39, 0.29) is 46.3 Å². The molecule has 5 rings (SSSR count). The van der Waals surface area contributed by atoms with E-state index in [1.165, 1.54) is 6.92 Å². The minimum Gasteiger partial charge on any atom is -0.462 e. The van der Waals surface area contributed by atoms with E-state index in [9.17, 15) is 30.0 Å². The fourth-order valence-electron chi connectivity index (χ4n) is 10.8. The fourth-order valence-corrected chi connectivity index (χ4v) is 10.8. The van der Waals surface area contributed by atoms with Crippen molar-refractivity contribution in [3.63, 3.8) is 0 Å². The van der Waals surface area contributed by atoms with Gasteiger partial charge in [0, 0.05) is 12.3 Å². The lowest BCUT2D eigenvalue weighted by atomic mass is 9.43. The molecule has 5 aliphatic rings. The Bertz CT molecular complexity index is 1250. The monoisotopic (exact) mass is 646 g/mol. The largest absolute Gasteiger partial charge is 0.462 e. The van der Waals surface area contributed by atoms with Crippen LogP contribution in [0.2, 0.25) is 0 Å². The van der Waals surface area contributed by atoms with Gasteiger partial charge in [-0.1, -0.05) is 57.9 Å². The number of hydrogen-bond donors (Lipinski definition) is 4. The molecule has 11 atom stereocenters. The highest BCUT2D eigenvalue weighted by atomic mass is 16.7. The standard InChI is InChI=1S/C37H58O9/c1-21(38)45-28-15-17-35(6)24-14-19-36(7)23(13-18-37(36,8)25(24)11-12-27(35)34(28,4)5)22(10-9-16-33(2,3)43)31(42)46-32-30(41)29(40)26(39)20-44-32/h9,16,22-23,26-30,32,39-41,43H,10-15,17-20H2,1-8H3/b16-9+/t22-,23-,26-,27+,28-,29+,30+,32+,35-,36-,37+/m1/s1. The molecule has 0 radical (unpaired) electrons. The van der Waals surface area contributed by atoms with E-state index in [2.05, 4.69) is 34.6 Å². The molecule has 0 spiro atoms. The number of esters is 2. The van der Waals surface area contributed by atoms with Crippen molar-refractivity contribution in [2.45, 2.75) is 149 Å². The predicted molar refractivity (Wildman–Crippen MR) is 172 cm³/mol. The van der Waals surface area contributed by atoms with Crippen molar-refractivity contribution in [2.75, 3.05) is 6.61 Å². The maximum Gasteiger partial charge on any atom is 0.311 e. The van der Waals surface area contributed by atoms with Gasteiger partial charge in [0.25, 0.3) is 0 Å². The molecule has 1 heterocycles. The second-order valence-corrected chi connectivity index (χ2v) is 16.9. The zero-order valence-corrected chi connectivity index (χ0v) is 29.2. The zero-order chi connectivity index (χ0) is 34.0. The maximum absolute atomic E-state index is 14.0. The van der Waals surface area contributed by atoms with Gasteiger partial charge in [0.15, 0.2) is 0 Å². The van der Waals surface area contributed by atoms with Gasteiger partial charge in [0.2, 0.25) is 6.29 Å². The second kappa shape index (κ2) is 12.3. The summed E-state index contributed by atoms with van der Waals surface area (Å²) in [5, 5.41) is 41.0. The van der Waals surface area contributed by atoms with Gasteiger partial charge in [0.1, 0.15) is 24.4 Å². The van der Waals surface area contributed by atoms with Crippen LogP contribution >= 0.6 is 0 Å². The van der Waals surface area contributed by atoms with Crippen molar-refractivity contribution in [3.05, 3.63) is 23.3 Å². The van der Waals surface area contributed by atoms with Crippen molar-refractivity contribution in [3.8, 4) is 0 Å². The van der Waals surface area contributed by atoms with Crippen LogP contribution in [0.25, 0.3) is 0 Å². The Hall–Kier alpha value is -1.78.